The molecule has 1 saturated heterocycles. The maximum absolute atomic E-state index is 12.1. The summed E-state index contributed by atoms with van der Waals surface area (Å²) in [6, 6.07) is 5.30. The smallest absolute Gasteiger partial charge is 0.349 e. The molecule has 0 bridgehead atoms. The van der Waals surface area contributed by atoms with Gasteiger partial charge in [-0.1, -0.05) is 6.07 Å². The van der Waals surface area contributed by atoms with Crippen LogP contribution in [0.1, 0.15) is 30.6 Å². The summed E-state index contributed by atoms with van der Waals surface area (Å²) in [5.74, 6) is -0.369. The van der Waals surface area contributed by atoms with Gasteiger partial charge < -0.3 is 18.9 Å². The van der Waals surface area contributed by atoms with Crippen LogP contribution in [-0.2, 0) is 9.47 Å². The first kappa shape index (κ1) is 12.3. The second-order valence-electron chi connectivity index (χ2n) is 5.12. The van der Waals surface area contributed by atoms with Gasteiger partial charge in [0.2, 0.25) is 5.79 Å². The highest BCUT2D eigenvalue weighted by Gasteiger charge is 2.36. The van der Waals surface area contributed by atoms with Crippen molar-refractivity contribution in [2.24, 2.45) is 0 Å². The van der Waals surface area contributed by atoms with E-state index in [1.165, 1.54) is 0 Å². The van der Waals surface area contributed by atoms with Gasteiger partial charge in [-0.25, -0.2) is 4.79 Å². The molecular weight excluding hydrogens is 248 g/mol. The molecule has 3 rings (SSSR count). The Balaban J connectivity index is 1.92. The van der Waals surface area contributed by atoms with E-state index >= 15 is 0 Å². The maximum Gasteiger partial charge on any atom is 0.349 e. The van der Waals surface area contributed by atoms with Crippen LogP contribution in [0.15, 0.2) is 18.2 Å². The Kier molecular flexibility index (Phi) is 2.86. The fraction of sp³-hybridized carbons (Fsp3) is 0.500. The standard InChI is InChI=1S/C14H16O5/c1-14(2)18-11-5-3-4-10(12(11)13(15)19-14)17-9-6-7-16-8-9/h3-5,9H,6-8H2,1-2H3/t9-/m1/s1. The topological polar surface area (TPSA) is 54.0 Å². The lowest BCUT2D eigenvalue weighted by molar-refractivity contribution is -0.127. The van der Waals surface area contributed by atoms with Gasteiger partial charge in [0.15, 0.2) is 0 Å². The third-order valence-corrected chi connectivity index (χ3v) is 3.07. The van der Waals surface area contributed by atoms with E-state index < -0.39 is 11.8 Å². The zero-order chi connectivity index (χ0) is 13.5. The van der Waals surface area contributed by atoms with Crippen molar-refractivity contribution in [3.8, 4) is 11.5 Å². The molecule has 102 valence electrons. The number of hydrogen-bond donors (Lipinski definition) is 0. The summed E-state index contributed by atoms with van der Waals surface area (Å²) in [5, 5.41) is 0. The van der Waals surface area contributed by atoms with Crippen LogP contribution >= 0.6 is 0 Å². The van der Waals surface area contributed by atoms with Gasteiger partial charge in [-0.3, -0.25) is 0 Å². The van der Waals surface area contributed by atoms with Crippen LogP contribution in [0.25, 0.3) is 0 Å². The molecule has 5 nitrogen and oxygen atoms in total. The average molecular weight is 264 g/mol. The lowest BCUT2D eigenvalue weighted by Gasteiger charge is -2.32. The molecule has 0 aromatic heterocycles. The second-order valence-corrected chi connectivity index (χ2v) is 5.12. The highest BCUT2D eigenvalue weighted by Crippen LogP contribution is 2.37. The van der Waals surface area contributed by atoms with Crippen molar-refractivity contribution in [3.63, 3.8) is 0 Å². The summed E-state index contributed by atoms with van der Waals surface area (Å²) in [7, 11) is 0. The lowest BCUT2D eigenvalue weighted by atomic mass is 10.1. The summed E-state index contributed by atoms with van der Waals surface area (Å²) in [6.45, 7) is 4.64. The van der Waals surface area contributed by atoms with Gasteiger partial charge in [0.25, 0.3) is 0 Å². The Morgan fingerprint density at radius 1 is 1.32 bits per heavy atom. The van der Waals surface area contributed by atoms with Crippen molar-refractivity contribution < 1.29 is 23.7 Å². The van der Waals surface area contributed by atoms with Crippen LogP contribution in [0.2, 0.25) is 0 Å². The van der Waals surface area contributed by atoms with Gasteiger partial charge in [0.1, 0.15) is 23.2 Å². The molecule has 1 fully saturated rings. The monoisotopic (exact) mass is 264 g/mol. The predicted octanol–water partition coefficient (Wildman–Crippen LogP) is 2.14. The van der Waals surface area contributed by atoms with Crippen molar-refractivity contribution in [2.45, 2.75) is 32.2 Å². The molecule has 19 heavy (non-hydrogen) atoms. The van der Waals surface area contributed by atoms with Gasteiger partial charge >= 0.3 is 5.97 Å². The Labute approximate surface area is 111 Å². The molecule has 1 aromatic carbocycles. The molecule has 5 heteroatoms. The summed E-state index contributed by atoms with van der Waals surface area (Å²) >= 11 is 0. The normalized spacial score (nSPS) is 24.3. The SMILES string of the molecule is CC1(C)OC(=O)c2c(O[C@@H]3CCOC3)cccc2O1. The number of carbonyl (C=O) groups is 1. The van der Waals surface area contributed by atoms with Gasteiger partial charge in [-0.2, -0.15) is 0 Å². The highest BCUT2D eigenvalue weighted by molar-refractivity contribution is 5.96. The van der Waals surface area contributed by atoms with Gasteiger partial charge in [0.05, 0.1) is 13.2 Å². The third-order valence-electron chi connectivity index (χ3n) is 3.07. The predicted molar refractivity (Wildman–Crippen MR) is 66.4 cm³/mol. The Bertz CT molecular complexity index is 503. The number of esters is 1. The van der Waals surface area contributed by atoms with Crippen LogP contribution in [0.3, 0.4) is 0 Å². The highest BCUT2D eigenvalue weighted by atomic mass is 16.7. The molecule has 1 atom stereocenters. The molecule has 0 amide bonds. The van der Waals surface area contributed by atoms with E-state index in [9.17, 15) is 4.79 Å². The zero-order valence-electron chi connectivity index (χ0n) is 11.0. The average Bonchev–Trinajstić information content (AvgIpc) is 2.79. The number of rotatable bonds is 2. The van der Waals surface area contributed by atoms with Gasteiger partial charge in [0, 0.05) is 20.3 Å². The van der Waals surface area contributed by atoms with Crippen LogP contribution in [0, 0.1) is 0 Å². The molecule has 2 aliphatic rings. The molecule has 0 aliphatic carbocycles. The zero-order valence-corrected chi connectivity index (χ0v) is 11.0. The quantitative estimate of drug-likeness (QED) is 0.766. The minimum atomic E-state index is -0.945. The summed E-state index contributed by atoms with van der Waals surface area (Å²) in [5.41, 5.74) is 0.355. The third kappa shape index (κ3) is 2.38. The Morgan fingerprint density at radius 2 is 2.16 bits per heavy atom. The fourth-order valence-corrected chi connectivity index (χ4v) is 2.24. The molecule has 0 radical (unpaired) electrons. The summed E-state index contributed by atoms with van der Waals surface area (Å²) in [6.07, 6.45) is 0.805. The lowest BCUT2D eigenvalue weighted by Crippen LogP contribution is -2.39. The van der Waals surface area contributed by atoms with Gasteiger partial charge in [-0.05, 0) is 12.1 Å². The molecule has 1 aromatic rings. The van der Waals surface area contributed by atoms with Crippen molar-refractivity contribution in [3.05, 3.63) is 23.8 Å². The molecule has 2 aliphatic heterocycles. The van der Waals surface area contributed by atoms with E-state index in [1.54, 1.807) is 32.0 Å². The first-order valence-electron chi connectivity index (χ1n) is 6.35. The van der Waals surface area contributed by atoms with E-state index in [1.807, 2.05) is 0 Å². The molecule has 0 spiro atoms. The largest absolute Gasteiger partial charge is 0.487 e. The molecule has 0 unspecified atom stereocenters. The Morgan fingerprint density at radius 3 is 2.89 bits per heavy atom. The number of ether oxygens (including phenoxy) is 4. The fourth-order valence-electron chi connectivity index (χ4n) is 2.24. The van der Waals surface area contributed by atoms with Crippen LogP contribution in [0.5, 0.6) is 11.5 Å². The first-order valence-corrected chi connectivity index (χ1v) is 6.35. The van der Waals surface area contributed by atoms with Crippen molar-refractivity contribution in [1.82, 2.24) is 0 Å². The first-order chi connectivity index (χ1) is 9.05. The van der Waals surface area contributed by atoms with Crippen LogP contribution < -0.4 is 9.47 Å². The number of cyclic esters (lactones) is 1. The van der Waals surface area contributed by atoms with Crippen LogP contribution in [0.4, 0.5) is 0 Å². The van der Waals surface area contributed by atoms with Crippen molar-refractivity contribution >= 4 is 5.97 Å². The molecule has 2 heterocycles. The van der Waals surface area contributed by atoms with Crippen molar-refractivity contribution in [2.75, 3.05) is 13.2 Å². The number of carbonyl (C=O) groups excluding carboxylic acids is 1. The Hall–Kier alpha value is -1.75. The second kappa shape index (κ2) is 4.42. The van der Waals surface area contributed by atoms with E-state index in [2.05, 4.69) is 0 Å². The van der Waals surface area contributed by atoms with E-state index in [0.717, 1.165) is 6.42 Å². The van der Waals surface area contributed by atoms with Crippen LogP contribution in [-0.4, -0.2) is 31.1 Å². The molecular formula is C14H16O5. The van der Waals surface area contributed by atoms with Crippen molar-refractivity contribution in [1.29, 1.82) is 0 Å². The summed E-state index contributed by atoms with van der Waals surface area (Å²) in [4.78, 5) is 12.1. The number of fused-ring (bicyclic) bond motifs is 1. The van der Waals surface area contributed by atoms with Gasteiger partial charge in [-0.15, -0.1) is 0 Å². The number of hydrogen-bond acceptors (Lipinski definition) is 5. The minimum absolute atomic E-state index is 0.0192. The molecule has 0 N–H and O–H groups in total. The molecule has 0 saturated carbocycles. The maximum atomic E-state index is 12.1. The summed E-state index contributed by atoms with van der Waals surface area (Å²) < 4.78 is 21.9. The minimum Gasteiger partial charge on any atom is -0.487 e. The number of benzene rings is 1. The van der Waals surface area contributed by atoms with E-state index in [4.69, 9.17) is 18.9 Å². The van der Waals surface area contributed by atoms with E-state index in [0.29, 0.717) is 30.3 Å². The van der Waals surface area contributed by atoms with E-state index in [-0.39, 0.29) is 6.10 Å².